The van der Waals surface area contributed by atoms with Gasteiger partial charge in [0.15, 0.2) is 0 Å². The number of ether oxygens (including phenoxy) is 1. The van der Waals surface area contributed by atoms with Crippen molar-refractivity contribution in [1.82, 2.24) is 24.5 Å². The lowest BCUT2D eigenvalue weighted by Gasteiger charge is -2.11. The van der Waals surface area contributed by atoms with Crippen LogP contribution in [-0.4, -0.2) is 31.2 Å². The number of anilines is 2. The van der Waals surface area contributed by atoms with Crippen LogP contribution in [-0.2, 0) is 13.6 Å². The average Bonchev–Trinajstić information content (AvgIpc) is 3.50. The Balaban J connectivity index is 1.49. The van der Waals surface area contributed by atoms with Gasteiger partial charge in [-0.05, 0) is 38.8 Å². The van der Waals surface area contributed by atoms with Crippen LogP contribution in [0.2, 0.25) is 0 Å². The lowest BCUT2D eigenvalue weighted by atomic mass is 10.1. The van der Waals surface area contributed by atoms with Gasteiger partial charge in [0.1, 0.15) is 34.6 Å². The SMILES string of the molecule is CCOc1cc(F)c(Cn2nc(-c3cc(Nc4ccncc4)n(C)n3)c(C)c2C2CC2)c(F)c1. The van der Waals surface area contributed by atoms with Crippen LogP contribution in [0.25, 0.3) is 11.4 Å². The van der Waals surface area contributed by atoms with Crippen LogP contribution in [0.5, 0.6) is 5.75 Å². The number of pyridine rings is 1. The molecule has 0 saturated heterocycles. The van der Waals surface area contributed by atoms with Gasteiger partial charge in [0.05, 0.1) is 13.2 Å². The summed E-state index contributed by atoms with van der Waals surface area (Å²) in [6.07, 6.45) is 5.51. The lowest BCUT2D eigenvalue weighted by molar-refractivity contribution is 0.335. The predicted molar refractivity (Wildman–Crippen MR) is 125 cm³/mol. The van der Waals surface area contributed by atoms with Crippen molar-refractivity contribution in [1.29, 1.82) is 0 Å². The molecule has 0 radical (unpaired) electrons. The molecule has 1 N–H and O–H groups in total. The molecule has 5 rings (SSSR count). The molecule has 7 nitrogen and oxygen atoms in total. The fourth-order valence-corrected chi connectivity index (χ4v) is 4.22. The molecule has 176 valence electrons. The number of aryl methyl sites for hydroxylation is 1. The van der Waals surface area contributed by atoms with Gasteiger partial charge in [-0.2, -0.15) is 10.2 Å². The molecule has 0 amide bonds. The van der Waals surface area contributed by atoms with E-state index in [2.05, 4.69) is 15.4 Å². The molecular weight excluding hydrogens is 438 g/mol. The minimum atomic E-state index is -0.637. The van der Waals surface area contributed by atoms with E-state index in [0.29, 0.717) is 23.9 Å². The van der Waals surface area contributed by atoms with Gasteiger partial charge in [-0.1, -0.05) is 0 Å². The summed E-state index contributed by atoms with van der Waals surface area (Å²) in [4.78, 5) is 4.03. The van der Waals surface area contributed by atoms with Crippen LogP contribution in [0.1, 0.15) is 42.5 Å². The Morgan fingerprint density at radius 2 is 1.79 bits per heavy atom. The highest BCUT2D eigenvalue weighted by Crippen LogP contribution is 2.44. The first-order valence-electron chi connectivity index (χ1n) is 11.3. The second-order valence-electron chi connectivity index (χ2n) is 8.49. The molecule has 1 aliphatic rings. The van der Waals surface area contributed by atoms with Crippen LogP contribution in [0, 0.1) is 18.6 Å². The van der Waals surface area contributed by atoms with Crippen molar-refractivity contribution in [3.8, 4) is 17.1 Å². The van der Waals surface area contributed by atoms with E-state index in [1.807, 2.05) is 32.2 Å². The van der Waals surface area contributed by atoms with Crippen molar-refractivity contribution in [3.05, 3.63) is 71.2 Å². The van der Waals surface area contributed by atoms with E-state index >= 15 is 0 Å². The number of hydrogen-bond donors (Lipinski definition) is 1. The van der Waals surface area contributed by atoms with Gasteiger partial charge in [-0.3, -0.25) is 14.3 Å². The molecule has 9 heteroatoms. The summed E-state index contributed by atoms with van der Waals surface area (Å²) < 4.78 is 38.3. The van der Waals surface area contributed by atoms with Crippen LogP contribution in [0.15, 0.2) is 42.7 Å². The molecule has 1 aliphatic carbocycles. The highest BCUT2D eigenvalue weighted by molar-refractivity contribution is 5.67. The number of hydrogen-bond acceptors (Lipinski definition) is 5. The maximum absolute atomic E-state index is 14.8. The number of aromatic nitrogens is 5. The van der Waals surface area contributed by atoms with Crippen molar-refractivity contribution in [3.63, 3.8) is 0 Å². The van der Waals surface area contributed by atoms with Crippen molar-refractivity contribution in [2.45, 2.75) is 39.2 Å². The van der Waals surface area contributed by atoms with Crippen LogP contribution in [0.4, 0.5) is 20.3 Å². The van der Waals surface area contributed by atoms with Gasteiger partial charge in [0, 0.05) is 66.1 Å². The van der Waals surface area contributed by atoms with Gasteiger partial charge >= 0.3 is 0 Å². The number of benzene rings is 1. The Hall–Kier alpha value is -3.75. The molecule has 34 heavy (non-hydrogen) atoms. The fraction of sp³-hybridized carbons (Fsp3) is 0.320. The third-order valence-corrected chi connectivity index (χ3v) is 6.01. The zero-order valence-corrected chi connectivity index (χ0v) is 19.3. The third kappa shape index (κ3) is 4.25. The third-order valence-electron chi connectivity index (χ3n) is 6.01. The monoisotopic (exact) mass is 464 g/mol. The molecule has 0 unspecified atom stereocenters. The number of rotatable bonds is 8. The van der Waals surface area contributed by atoms with E-state index in [1.54, 1.807) is 28.7 Å². The fourth-order valence-electron chi connectivity index (χ4n) is 4.22. The molecule has 0 spiro atoms. The lowest BCUT2D eigenvalue weighted by Crippen LogP contribution is -2.10. The van der Waals surface area contributed by atoms with E-state index in [1.165, 1.54) is 12.1 Å². The summed E-state index contributed by atoms with van der Waals surface area (Å²) in [6.45, 7) is 4.12. The Morgan fingerprint density at radius 3 is 2.44 bits per heavy atom. The van der Waals surface area contributed by atoms with E-state index in [4.69, 9.17) is 9.84 Å². The molecule has 0 atom stereocenters. The largest absolute Gasteiger partial charge is 0.494 e. The normalized spacial score (nSPS) is 13.3. The van der Waals surface area contributed by atoms with E-state index < -0.39 is 11.6 Å². The van der Waals surface area contributed by atoms with Crippen molar-refractivity contribution in [2.24, 2.45) is 7.05 Å². The Bertz CT molecular complexity index is 1300. The smallest absolute Gasteiger partial charge is 0.134 e. The minimum absolute atomic E-state index is 0.00566. The Morgan fingerprint density at radius 1 is 1.09 bits per heavy atom. The average molecular weight is 465 g/mol. The minimum Gasteiger partial charge on any atom is -0.494 e. The van der Waals surface area contributed by atoms with Crippen molar-refractivity contribution < 1.29 is 13.5 Å². The standard InChI is InChI=1S/C25H26F2N6O/c1-4-34-18-11-20(26)19(21(27)12-18)14-33-25(16-5-6-16)15(2)24(31-33)22-13-23(32(3)30-22)29-17-7-9-28-10-8-17/h7-13,16H,4-6,14H2,1-3H3,(H,28,29). The number of nitrogens with one attached hydrogen (secondary N) is 1. The highest BCUT2D eigenvalue weighted by atomic mass is 19.1. The molecule has 0 aliphatic heterocycles. The molecule has 1 aromatic carbocycles. The first-order valence-corrected chi connectivity index (χ1v) is 11.3. The first-order chi connectivity index (χ1) is 16.4. The second kappa shape index (κ2) is 8.89. The van der Waals surface area contributed by atoms with Crippen LogP contribution >= 0.6 is 0 Å². The number of halogens is 2. The summed E-state index contributed by atoms with van der Waals surface area (Å²) in [5, 5.41) is 12.7. The molecular formula is C25H26F2N6O. The summed E-state index contributed by atoms with van der Waals surface area (Å²) in [7, 11) is 1.85. The van der Waals surface area contributed by atoms with E-state index in [0.717, 1.165) is 35.6 Å². The van der Waals surface area contributed by atoms with Gasteiger partial charge in [-0.15, -0.1) is 0 Å². The zero-order chi connectivity index (χ0) is 23.8. The van der Waals surface area contributed by atoms with Crippen LogP contribution < -0.4 is 10.1 Å². The molecule has 4 aromatic rings. The second-order valence-corrected chi connectivity index (χ2v) is 8.49. The number of nitrogens with zero attached hydrogens (tertiary/aromatic N) is 5. The molecule has 3 heterocycles. The predicted octanol–water partition coefficient (Wildman–Crippen LogP) is 5.33. The molecule has 3 aromatic heterocycles. The topological polar surface area (TPSA) is 69.8 Å². The molecule has 0 bridgehead atoms. The van der Waals surface area contributed by atoms with Gasteiger partial charge in [0.25, 0.3) is 0 Å². The first kappa shape index (κ1) is 22.1. The van der Waals surface area contributed by atoms with Gasteiger partial charge < -0.3 is 10.1 Å². The summed E-state index contributed by atoms with van der Waals surface area (Å²) >= 11 is 0. The van der Waals surface area contributed by atoms with Crippen molar-refractivity contribution in [2.75, 3.05) is 11.9 Å². The summed E-state index contributed by atoms with van der Waals surface area (Å²) in [5.41, 5.74) is 4.28. The maximum Gasteiger partial charge on any atom is 0.134 e. The molecule has 1 saturated carbocycles. The molecule has 1 fully saturated rings. The van der Waals surface area contributed by atoms with Gasteiger partial charge in [-0.25, -0.2) is 8.78 Å². The Kier molecular flexibility index (Phi) is 5.77. The Labute approximate surface area is 196 Å². The highest BCUT2D eigenvalue weighted by Gasteiger charge is 2.32. The van der Waals surface area contributed by atoms with Gasteiger partial charge in [0.2, 0.25) is 0 Å². The van der Waals surface area contributed by atoms with Crippen LogP contribution in [0.3, 0.4) is 0 Å². The summed E-state index contributed by atoms with van der Waals surface area (Å²) in [5.74, 6) is 0.0479. The van der Waals surface area contributed by atoms with E-state index in [-0.39, 0.29) is 17.9 Å². The van der Waals surface area contributed by atoms with Crippen molar-refractivity contribution >= 4 is 11.5 Å². The quantitative estimate of drug-likeness (QED) is 0.382. The maximum atomic E-state index is 14.8. The zero-order valence-electron chi connectivity index (χ0n) is 19.3. The summed E-state index contributed by atoms with van der Waals surface area (Å²) in [6, 6.07) is 8.13. The van der Waals surface area contributed by atoms with E-state index in [9.17, 15) is 8.78 Å².